The van der Waals surface area contributed by atoms with E-state index in [1.807, 2.05) is 0 Å². The molecule has 0 atom stereocenters. The maximum Gasteiger partial charge on any atom is 0.422 e. The smallest absolute Gasteiger partial charge is 0.422 e. The van der Waals surface area contributed by atoms with Crippen molar-refractivity contribution in [2.24, 2.45) is 5.73 Å². The van der Waals surface area contributed by atoms with Crippen LogP contribution in [0.2, 0.25) is 0 Å². The molecule has 10 heteroatoms. The van der Waals surface area contributed by atoms with Gasteiger partial charge in [-0.05, 0) is 19.1 Å². The molecule has 21 heavy (non-hydrogen) atoms. The minimum atomic E-state index is -4.25. The standard InChI is InChI=1S/C11H16N4O5S/c1-3-20-11(16)15-21(17,18)14-9-7(10(12)13)5-4-6-8(9)19-2/h4-6,14H,3H2,1-2H3,(H3,12,13)(H,15,16). The molecule has 1 amide bonds. The number of methoxy groups -OCH3 is 1. The van der Waals surface area contributed by atoms with E-state index in [0.717, 1.165) is 0 Å². The molecule has 0 unspecified atom stereocenters. The zero-order valence-corrected chi connectivity index (χ0v) is 12.3. The van der Waals surface area contributed by atoms with Crippen LogP contribution >= 0.6 is 0 Å². The average Bonchev–Trinajstić information content (AvgIpc) is 2.37. The van der Waals surface area contributed by atoms with Gasteiger partial charge in [-0.2, -0.15) is 8.42 Å². The first-order chi connectivity index (χ1) is 9.80. The second-order valence-corrected chi connectivity index (χ2v) is 5.14. The Morgan fingerprint density at radius 3 is 2.62 bits per heavy atom. The summed E-state index contributed by atoms with van der Waals surface area (Å²) in [6.45, 7) is 1.56. The Labute approximate surface area is 122 Å². The van der Waals surface area contributed by atoms with E-state index in [1.165, 1.54) is 26.2 Å². The molecule has 0 saturated carbocycles. The van der Waals surface area contributed by atoms with Gasteiger partial charge in [0.05, 0.1) is 13.7 Å². The number of nitrogens with one attached hydrogen (secondary N) is 3. The summed E-state index contributed by atoms with van der Waals surface area (Å²) < 4.78 is 36.9. The van der Waals surface area contributed by atoms with E-state index >= 15 is 0 Å². The van der Waals surface area contributed by atoms with Crippen LogP contribution in [0.5, 0.6) is 5.75 Å². The fourth-order valence-corrected chi connectivity index (χ4v) is 2.27. The molecule has 0 bridgehead atoms. The molecule has 0 heterocycles. The third-order valence-corrected chi connectivity index (χ3v) is 3.17. The van der Waals surface area contributed by atoms with Crippen molar-refractivity contribution in [3.63, 3.8) is 0 Å². The summed E-state index contributed by atoms with van der Waals surface area (Å²) in [4.78, 5) is 11.2. The Morgan fingerprint density at radius 1 is 1.43 bits per heavy atom. The fourth-order valence-electron chi connectivity index (χ4n) is 1.46. The SMILES string of the molecule is CCOC(=O)NS(=O)(=O)Nc1c(OC)cccc1C(=N)N. The van der Waals surface area contributed by atoms with Gasteiger partial charge in [0.15, 0.2) is 0 Å². The summed E-state index contributed by atoms with van der Waals surface area (Å²) in [6.07, 6.45) is -1.12. The predicted molar refractivity (Wildman–Crippen MR) is 76.7 cm³/mol. The first-order valence-electron chi connectivity index (χ1n) is 5.79. The van der Waals surface area contributed by atoms with Crippen molar-refractivity contribution in [3.05, 3.63) is 23.8 Å². The van der Waals surface area contributed by atoms with Crippen LogP contribution in [0, 0.1) is 5.41 Å². The molecule has 1 aromatic rings. The van der Waals surface area contributed by atoms with Crippen LogP contribution in [-0.2, 0) is 14.9 Å². The topological polar surface area (TPSA) is 144 Å². The molecule has 0 aliphatic rings. The van der Waals surface area contributed by atoms with Crippen molar-refractivity contribution >= 4 is 27.8 Å². The van der Waals surface area contributed by atoms with Crippen molar-refractivity contribution in [1.29, 1.82) is 5.41 Å². The van der Waals surface area contributed by atoms with Crippen molar-refractivity contribution < 1.29 is 22.7 Å². The molecular formula is C11H16N4O5S. The fraction of sp³-hybridized carbons (Fsp3) is 0.273. The number of nitrogens with two attached hydrogens (primary N) is 1. The van der Waals surface area contributed by atoms with E-state index in [1.54, 1.807) is 10.8 Å². The number of carbonyl (C=O) groups is 1. The molecule has 0 fully saturated rings. The highest BCUT2D eigenvalue weighted by atomic mass is 32.2. The zero-order chi connectivity index (χ0) is 16.0. The molecular weight excluding hydrogens is 300 g/mol. The zero-order valence-electron chi connectivity index (χ0n) is 11.5. The summed E-state index contributed by atoms with van der Waals surface area (Å²) >= 11 is 0. The number of anilines is 1. The summed E-state index contributed by atoms with van der Waals surface area (Å²) in [6, 6.07) is 4.47. The van der Waals surface area contributed by atoms with E-state index in [-0.39, 0.29) is 29.4 Å². The second-order valence-electron chi connectivity index (χ2n) is 3.72. The van der Waals surface area contributed by atoms with Gasteiger partial charge in [0, 0.05) is 5.56 Å². The van der Waals surface area contributed by atoms with E-state index in [9.17, 15) is 13.2 Å². The minimum absolute atomic E-state index is 0.0225. The Hall–Kier alpha value is -2.49. The van der Waals surface area contributed by atoms with Crippen LogP contribution in [0.4, 0.5) is 10.5 Å². The maximum atomic E-state index is 11.8. The Morgan fingerprint density at radius 2 is 2.10 bits per heavy atom. The minimum Gasteiger partial charge on any atom is -0.495 e. The normalized spacial score (nSPS) is 10.6. The monoisotopic (exact) mass is 316 g/mol. The molecule has 116 valence electrons. The molecule has 0 aliphatic heterocycles. The lowest BCUT2D eigenvalue weighted by atomic mass is 10.1. The lowest BCUT2D eigenvalue weighted by Gasteiger charge is -2.15. The van der Waals surface area contributed by atoms with Crippen molar-refractivity contribution in [2.45, 2.75) is 6.92 Å². The Balaban J connectivity index is 3.11. The summed E-state index contributed by atoms with van der Waals surface area (Å²) in [5, 5.41) is 7.44. The third kappa shape index (κ3) is 4.53. The molecule has 9 nitrogen and oxygen atoms in total. The average molecular weight is 316 g/mol. The van der Waals surface area contributed by atoms with Gasteiger partial charge in [0.1, 0.15) is 17.3 Å². The van der Waals surface area contributed by atoms with Gasteiger partial charge in [0.25, 0.3) is 0 Å². The number of nitrogen functional groups attached to an aromatic ring is 1. The van der Waals surface area contributed by atoms with Crippen LogP contribution < -0.4 is 19.9 Å². The van der Waals surface area contributed by atoms with Crippen molar-refractivity contribution in [2.75, 3.05) is 18.4 Å². The number of amides is 1. The lowest BCUT2D eigenvalue weighted by Crippen LogP contribution is -2.36. The van der Waals surface area contributed by atoms with Gasteiger partial charge >= 0.3 is 16.3 Å². The van der Waals surface area contributed by atoms with Crippen LogP contribution in [0.3, 0.4) is 0 Å². The summed E-state index contributed by atoms with van der Waals surface area (Å²) in [5.74, 6) is -0.209. The largest absolute Gasteiger partial charge is 0.495 e. The van der Waals surface area contributed by atoms with Crippen molar-refractivity contribution in [3.8, 4) is 5.75 Å². The molecule has 0 aromatic heterocycles. The molecule has 0 spiro atoms. The molecule has 0 saturated heterocycles. The molecule has 0 aliphatic carbocycles. The third-order valence-electron chi connectivity index (χ3n) is 2.27. The van der Waals surface area contributed by atoms with Crippen LogP contribution in [0.25, 0.3) is 0 Å². The summed E-state index contributed by atoms with van der Waals surface area (Å²) in [7, 11) is -2.92. The van der Waals surface area contributed by atoms with E-state index in [2.05, 4.69) is 9.46 Å². The van der Waals surface area contributed by atoms with Gasteiger partial charge in [-0.1, -0.05) is 6.07 Å². The lowest BCUT2D eigenvalue weighted by molar-refractivity contribution is 0.159. The van der Waals surface area contributed by atoms with Crippen LogP contribution in [0.1, 0.15) is 12.5 Å². The summed E-state index contributed by atoms with van der Waals surface area (Å²) in [5.41, 5.74) is 5.45. The van der Waals surface area contributed by atoms with Gasteiger partial charge < -0.3 is 15.2 Å². The number of rotatable bonds is 6. The number of benzene rings is 1. The Bertz CT molecular complexity index is 644. The van der Waals surface area contributed by atoms with Gasteiger partial charge in [-0.3, -0.25) is 10.1 Å². The number of amidine groups is 1. The quantitative estimate of drug-likeness (QED) is 0.441. The molecule has 1 rings (SSSR count). The first-order valence-corrected chi connectivity index (χ1v) is 7.27. The molecule has 5 N–H and O–H groups in total. The number of carbonyl (C=O) groups excluding carboxylic acids is 1. The predicted octanol–water partition coefficient (Wildman–Crippen LogP) is 0.382. The van der Waals surface area contributed by atoms with Gasteiger partial charge in [-0.15, -0.1) is 0 Å². The second kappa shape index (κ2) is 6.79. The highest BCUT2D eigenvalue weighted by Gasteiger charge is 2.20. The number of ether oxygens (including phenoxy) is 2. The highest BCUT2D eigenvalue weighted by Crippen LogP contribution is 2.28. The van der Waals surface area contributed by atoms with Crippen LogP contribution in [-0.4, -0.2) is 34.1 Å². The Kier molecular flexibility index (Phi) is 5.36. The van der Waals surface area contributed by atoms with Crippen molar-refractivity contribution in [1.82, 2.24) is 4.72 Å². The first kappa shape index (κ1) is 16.6. The van der Waals surface area contributed by atoms with Gasteiger partial charge in [-0.25, -0.2) is 9.52 Å². The van der Waals surface area contributed by atoms with E-state index < -0.39 is 16.3 Å². The molecule has 1 aromatic carbocycles. The van der Waals surface area contributed by atoms with Gasteiger partial charge in [0.2, 0.25) is 0 Å². The number of para-hydroxylation sites is 1. The number of hydrogen-bond donors (Lipinski definition) is 4. The van der Waals surface area contributed by atoms with E-state index in [4.69, 9.17) is 15.9 Å². The van der Waals surface area contributed by atoms with Crippen LogP contribution in [0.15, 0.2) is 18.2 Å². The highest BCUT2D eigenvalue weighted by molar-refractivity contribution is 7.91. The molecule has 0 radical (unpaired) electrons. The maximum absolute atomic E-state index is 11.8. The van der Waals surface area contributed by atoms with E-state index in [0.29, 0.717) is 0 Å². The number of hydrogen-bond acceptors (Lipinski definition) is 6.